The zero-order chi connectivity index (χ0) is 24.2. The van der Waals surface area contributed by atoms with Gasteiger partial charge in [-0.1, -0.05) is 0 Å². The molecule has 11 nitrogen and oxygen atoms in total. The fourth-order valence-electron chi connectivity index (χ4n) is 4.49. The number of hydrogen-bond donors (Lipinski definition) is 3. The molecule has 12 heteroatoms. The van der Waals surface area contributed by atoms with E-state index in [0.29, 0.717) is 18.2 Å². The zero-order valence-electron chi connectivity index (χ0n) is 19.4. The van der Waals surface area contributed by atoms with E-state index in [9.17, 15) is 9.18 Å². The Kier molecular flexibility index (Phi) is 4.97. The van der Waals surface area contributed by atoms with Crippen LogP contribution < -0.4 is 10.6 Å². The first-order chi connectivity index (χ1) is 16.8. The number of carbonyl (C=O) groups excluding carboxylic acids is 1. The smallest absolute Gasteiger partial charge is 0.407 e. The summed E-state index contributed by atoms with van der Waals surface area (Å²) in [4.78, 5) is 21.2. The van der Waals surface area contributed by atoms with Crippen LogP contribution in [0.4, 0.5) is 21.0 Å². The number of carbonyl (C=O) groups is 1. The number of ether oxygens (including phenoxy) is 1. The van der Waals surface area contributed by atoms with E-state index in [1.165, 1.54) is 0 Å². The van der Waals surface area contributed by atoms with Crippen molar-refractivity contribution in [1.82, 2.24) is 39.7 Å². The highest BCUT2D eigenvalue weighted by Crippen LogP contribution is 2.39. The first-order valence-electron chi connectivity index (χ1n) is 11.6. The lowest BCUT2D eigenvalue weighted by Gasteiger charge is -2.17. The van der Waals surface area contributed by atoms with Gasteiger partial charge in [-0.2, -0.15) is 10.2 Å². The molecule has 0 aliphatic heterocycles. The fourth-order valence-corrected chi connectivity index (χ4v) is 4.49. The second-order valence-electron chi connectivity index (χ2n) is 9.67. The van der Waals surface area contributed by atoms with Crippen LogP contribution in [-0.2, 0) is 11.8 Å². The Balaban J connectivity index is 1.17. The molecule has 4 aromatic heterocycles. The van der Waals surface area contributed by atoms with Crippen LogP contribution in [0.5, 0.6) is 0 Å². The molecule has 35 heavy (non-hydrogen) atoms. The summed E-state index contributed by atoms with van der Waals surface area (Å²) in [5.41, 5.74) is 2.90. The molecule has 2 aliphatic rings. The van der Waals surface area contributed by atoms with Gasteiger partial charge in [-0.3, -0.25) is 14.2 Å². The van der Waals surface area contributed by atoms with Crippen LogP contribution in [0.1, 0.15) is 44.2 Å². The van der Waals surface area contributed by atoms with Crippen molar-refractivity contribution in [3.8, 4) is 11.3 Å². The summed E-state index contributed by atoms with van der Waals surface area (Å²) in [5.74, 6) is 0.952. The molecule has 2 fully saturated rings. The minimum atomic E-state index is -1.22. The molecular weight excluding hydrogens is 453 g/mol. The van der Waals surface area contributed by atoms with Gasteiger partial charge in [0.05, 0.1) is 11.9 Å². The number of imidazole rings is 1. The van der Waals surface area contributed by atoms with Crippen LogP contribution >= 0.6 is 0 Å². The molecule has 0 spiro atoms. The fraction of sp³-hybridized carbons (Fsp3) is 0.435. The number of aromatic nitrogens is 7. The molecule has 0 bridgehead atoms. The molecule has 182 valence electrons. The van der Waals surface area contributed by atoms with Crippen molar-refractivity contribution in [2.75, 3.05) is 5.32 Å². The lowest BCUT2D eigenvalue weighted by molar-refractivity contribution is 0.0583. The summed E-state index contributed by atoms with van der Waals surface area (Å²) in [5, 5.41) is 17.6. The van der Waals surface area contributed by atoms with Crippen LogP contribution in [0, 0.1) is 0 Å². The maximum absolute atomic E-state index is 14.7. The Morgan fingerprint density at radius 1 is 1.31 bits per heavy atom. The van der Waals surface area contributed by atoms with Crippen LogP contribution in [0.25, 0.3) is 16.9 Å². The number of anilines is 2. The van der Waals surface area contributed by atoms with E-state index in [-0.39, 0.29) is 17.9 Å². The van der Waals surface area contributed by atoms with E-state index in [2.05, 4.69) is 30.9 Å². The molecule has 0 unspecified atom stereocenters. The summed E-state index contributed by atoms with van der Waals surface area (Å²) in [6, 6.07) is 3.73. The van der Waals surface area contributed by atoms with Gasteiger partial charge in [0.2, 0.25) is 5.95 Å². The zero-order valence-corrected chi connectivity index (χ0v) is 19.4. The van der Waals surface area contributed by atoms with Crippen molar-refractivity contribution < 1.29 is 13.9 Å². The number of alkyl carbamates (subject to hydrolysis) is 1. The van der Waals surface area contributed by atoms with Gasteiger partial charge in [-0.15, -0.1) is 0 Å². The van der Waals surface area contributed by atoms with E-state index in [1.54, 1.807) is 17.1 Å². The topological polar surface area (TPSA) is 127 Å². The second-order valence-corrected chi connectivity index (χ2v) is 9.67. The number of halogens is 1. The van der Waals surface area contributed by atoms with Crippen LogP contribution in [-0.4, -0.2) is 58.3 Å². The Morgan fingerprint density at radius 3 is 2.94 bits per heavy atom. The maximum Gasteiger partial charge on any atom is 0.407 e. The SMILES string of the molecule is Cn1cc(-c2cc3nccn3c(Nc3cc([C@H]4C[C@@H](F)[C@@H](OC(=O)NC5(C)CC5)C4)[nH]n3)n2)cn1. The molecule has 0 radical (unpaired) electrons. The van der Waals surface area contributed by atoms with E-state index in [4.69, 9.17) is 9.72 Å². The van der Waals surface area contributed by atoms with E-state index in [0.717, 1.165) is 35.4 Å². The lowest BCUT2D eigenvalue weighted by Crippen LogP contribution is -2.38. The molecule has 0 saturated heterocycles. The predicted molar refractivity (Wildman–Crippen MR) is 125 cm³/mol. The number of fused-ring (bicyclic) bond motifs is 1. The number of nitrogens with zero attached hydrogens (tertiary/aromatic N) is 6. The quantitative estimate of drug-likeness (QED) is 0.386. The molecule has 6 rings (SSSR count). The highest BCUT2D eigenvalue weighted by atomic mass is 19.1. The van der Waals surface area contributed by atoms with E-state index >= 15 is 0 Å². The van der Waals surface area contributed by atoms with Crippen molar-refractivity contribution in [3.05, 3.63) is 42.6 Å². The first kappa shape index (κ1) is 21.6. The summed E-state index contributed by atoms with van der Waals surface area (Å²) in [7, 11) is 1.85. The molecule has 2 saturated carbocycles. The summed E-state index contributed by atoms with van der Waals surface area (Å²) in [6.07, 6.45) is 7.10. The standard InChI is InChI=1S/C23H26FN9O2/c1-23(3-4-23)29-22(34)35-18-8-13(7-15(18)24)17-9-19(31-30-17)28-21-27-16(14-11-26-32(2)12-14)10-20-25-5-6-33(20)21/h5-6,9-13,15,18H,3-4,7-8H2,1-2H3,(H,29,34)(H2,27,28,30,31)/t13-,15+,18-/m0/s1. The Bertz CT molecular complexity index is 1390. The van der Waals surface area contributed by atoms with Crippen LogP contribution in [0.3, 0.4) is 0 Å². The summed E-state index contributed by atoms with van der Waals surface area (Å²) in [6.45, 7) is 1.95. The van der Waals surface area contributed by atoms with Gasteiger partial charge in [-0.05, 0) is 32.6 Å². The Morgan fingerprint density at radius 2 is 2.17 bits per heavy atom. The Labute approximate surface area is 200 Å². The normalized spacial score (nSPS) is 22.9. The van der Waals surface area contributed by atoms with Gasteiger partial charge in [-0.25, -0.2) is 19.2 Å². The Hall–Kier alpha value is -3.96. The molecule has 4 aromatic rings. The number of rotatable bonds is 6. The average molecular weight is 480 g/mol. The summed E-state index contributed by atoms with van der Waals surface area (Å²) >= 11 is 0. The van der Waals surface area contributed by atoms with E-state index < -0.39 is 18.4 Å². The summed E-state index contributed by atoms with van der Waals surface area (Å²) < 4.78 is 23.6. The highest BCUT2D eigenvalue weighted by molar-refractivity contribution is 5.69. The third kappa shape index (κ3) is 4.31. The third-order valence-electron chi connectivity index (χ3n) is 6.76. The molecule has 0 aromatic carbocycles. The van der Waals surface area contributed by atoms with Crippen LogP contribution in [0.2, 0.25) is 0 Å². The number of amides is 1. The van der Waals surface area contributed by atoms with Crippen molar-refractivity contribution in [2.45, 2.75) is 56.3 Å². The molecule has 4 heterocycles. The number of nitrogens with one attached hydrogen (secondary N) is 3. The second kappa shape index (κ2) is 8.07. The minimum absolute atomic E-state index is 0.134. The van der Waals surface area contributed by atoms with Gasteiger partial charge >= 0.3 is 6.09 Å². The molecule has 3 N–H and O–H groups in total. The van der Waals surface area contributed by atoms with Gasteiger partial charge in [0, 0.05) is 60.5 Å². The molecule has 2 aliphatic carbocycles. The monoisotopic (exact) mass is 479 g/mol. The molecular formula is C23H26FN9O2. The number of hydrogen-bond acceptors (Lipinski definition) is 7. The van der Waals surface area contributed by atoms with Crippen molar-refractivity contribution >= 4 is 23.5 Å². The van der Waals surface area contributed by atoms with Crippen molar-refractivity contribution in [3.63, 3.8) is 0 Å². The maximum atomic E-state index is 14.7. The number of H-pyrrole nitrogens is 1. The first-order valence-corrected chi connectivity index (χ1v) is 11.6. The minimum Gasteiger partial charge on any atom is -0.443 e. The van der Waals surface area contributed by atoms with Gasteiger partial charge in [0.25, 0.3) is 0 Å². The number of aromatic amines is 1. The number of aryl methyl sites for hydroxylation is 1. The van der Waals surface area contributed by atoms with Gasteiger partial charge < -0.3 is 15.4 Å². The molecule has 3 atom stereocenters. The third-order valence-corrected chi connectivity index (χ3v) is 6.76. The average Bonchev–Trinajstić information content (AvgIpc) is 3.34. The predicted octanol–water partition coefficient (Wildman–Crippen LogP) is 3.46. The molecule has 1 amide bonds. The highest BCUT2D eigenvalue weighted by Gasteiger charge is 2.42. The van der Waals surface area contributed by atoms with Crippen LogP contribution in [0.15, 0.2) is 36.9 Å². The van der Waals surface area contributed by atoms with Gasteiger partial charge in [0.1, 0.15) is 17.9 Å². The van der Waals surface area contributed by atoms with Crippen molar-refractivity contribution in [1.29, 1.82) is 0 Å². The lowest BCUT2D eigenvalue weighted by atomic mass is 10.0. The number of alkyl halides is 1. The van der Waals surface area contributed by atoms with Crippen molar-refractivity contribution in [2.24, 2.45) is 7.05 Å². The van der Waals surface area contributed by atoms with E-state index in [1.807, 2.05) is 42.9 Å². The van der Waals surface area contributed by atoms with Gasteiger partial charge in [0.15, 0.2) is 5.82 Å². The largest absolute Gasteiger partial charge is 0.443 e.